The van der Waals surface area contributed by atoms with Gasteiger partial charge in [-0.05, 0) is 68.6 Å². The Hall–Kier alpha value is -0.840. The zero-order chi connectivity index (χ0) is 16.8. The van der Waals surface area contributed by atoms with Crippen molar-refractivity contribution in [1.82, 2.24) is 4.90 Å². The molecule has 5 heteroatoms. The summed E-state index contributed by atoms with van der Waals surface area (Å²) in [6, 6.07) is 0. The van der Waals surface area contributed by atoms with E-state index in [1.54, 1.807) is 13.1 Å². The molecule has 4 aliphatic carbocycles. The van der Waals surface area contributed by atoms with Gasteiger partial charge in [0.25, 0.3) is 0 Å². The highest BCUT2D eigenvalue weighted by atomic mass is 32.2. The SMILES string of the molecule is C/C(=C\C(=O)N(C)CCS(C)(=O)=O)C12CC3CC(CC(C3)C1)C2. The fourth-order valence-corrected chi connectivity index (χ4v) is 6.06. The smallest absolute Gasteiger partial charge is 0.246 e. The molecule has 4 rings (SSSR count). The summed E-state index contributed by atoms with van der Waals surface area (Å²) in [5.41, 5.74) is 1.48. The topological polar surface area (TPSA) is 54.5 Å². The number of hydrogen-bond acceptors (Lipinski definition) is 3. The van der Waals surface area contributed by atoms with Gasteiger partial charge in [-0.15, -0.1) is 0 Å². The van der Waals surface area contributed by atoms with Crippen molar-refractivity contribution >= 4 is 15.7 Å². The first-order valence-corrected chi connectivity index (χ1v) is 10.8. The molecule has 4 saturated carbocycles. The Morgan fingerprint density at radius 2 is 1.61 bits per heavy atom. The van der Waals surface area contributed by atoms with Gasteiger partial charge in [0.05, 0.1) is 5.75 Å². The second-order valence-electron chi connectivity index (χ2n) is 8.41. The van der Waals surface area contributed by atoms with Gasteiger partial charge >= 0.3 is 0 Å². The summed E-state index contributed by atoms with van der Waals surface area (Å²) in [6.07, 6.45) is 10.9. The molecule has 1 amide bonds. The van der Waals surface area contributed by atoms with Crippen LogP contribution in [0.25, 0.3) is 0 Å². The van der Waals surface area contributed by atoms with Crippen molar-refractivity contribution in [3.8, 4) is 0 Å². The fourth-order valence-electron chi connectivity index (χ4n) is 5.46. The molecule has 0 aromatic rings. The lowest BCUT2D eigenvalue weighted by molar-refractivity contribution is -0.124. The molecule has 0 radical (unpaired) electrons. The first-order valence-electron chi connectivity index (χ1n) is 8.78. The highest BCUT2D eigenvalue weighted by Crippen LogP contribution is 2.62. The molecule has 0 saturated heterocycles. The largest absolute Gasteiger partial charge is 0.341 e. The van der Waals surface area contributed by atoms with E-state index in [2.05, 4.69) is 6.92 Å². The summed E-state index contributed by atoms with van der Waals surface area (Å²) in [6.45, 7) is 2.39. The van der Waals surface area contributed by atoms with Crippen LogP contribution in [0.3, 0.4) is 0 Å². The maximum Gasteiger partial charge on any atom is 0.246 e. The summed E-state index contributed by atoms with van der Waals surface area (Å²) in [5.74, 6) is 2.56. The van der Waals surface area contributed by atoms with E-state index >= 15 is 0 Å². The fraction of sp³-hybridized carbons (Fsp3) is 0.833. The van der Waals surface area contributed by atoms with Gasteiger partial charge in [-0.1, -0.05) is 5.57 Å². The van der Waals surface area contributed by atoms with Gasteiger partial charge in [-0.2, -0.15) is 0 Å². The van der Waals surface area contributed by atoms with Crippen molar-refractivity contribution in [3.05, 3.63) is 11.6 Å². The minimum Gasteiger partial charge on any atom is -0.341 e. The van der Waals surface area contributed by atoms with Gasteiger partial charge in [-0.25, -0.2) is 8.42 Å². The predicted octanol–water partition coefficient (Wildman–Crippen LogP) is 2.65. The van der Waals surface area contributed by atoms with Crippen LogP contribution in [0.5, 0.6) is 0 Å². The zero-order valence-corrected chi connectivity index (χ0v) is 15.4. The maximum atomic E-state index is 12.4. The summed E-state index contributed by atoms with van der Waals surface area (Å²) >= 11 is 0. The van der Waals surface area contributed by atoms with Crippen LogP contribution in [0.2, 0.25) is 0 Å². The number of sulfone groups is 1. The highest BCUT2D eigenvalue weighted by Gasteiger charge is 2.51. The average Bonchev–Trinajstić information content (AvgIpc) is 2.42. The van der Waals surface area contributed by atoms with Crippen LogP contribution < -0.4 is 0 Å². The van der Waals surface area contributed by atoms with E-state index in [0.29, 0.717) is 0 Å². The molecule has 0 aromatic heterocycles. The quantitative estimate of drug-likeness (QED) is 0.724. The Bertz CT molecular complexity index is 585. The summed E-state index contributed by atoms with van der Waals surface area (Å²) in [7, 11) is -1.34. The molecule has 0 heterocycles. The summed E-state index contributed by atoms with van der Waals surface area (Å²) < 4.78 is 22.5. The van der Waals surface area contributed by atoms with E-state index < -0.39 is 9.84 Å². The van der Waals surface area contributed by atoms with Crippen molar-refractivity contribution in [2.24, 2.45) is 23.2 Å². The van der Waals surface area contributed by atoms with Crippen LogP contribution >= 0.6 is 0 Å². The molecule has 4 aliphatic rings. The molecule has 0 N–H and O–H groups in total. The monoisotopic (exact) mass is 339 g/mol. The Labute approximate surface area is 140 Å². The molecule has 0 aromatic carbocycles. The van der Waals surface area contributed by atoms with E-state index in [9.17, 15) is 13.2 Å². The molecule has 130 valence electrons. The molecule has 0 unspecified atom stereocenters. The first-order chi connectivity index (χ1) is 10.7. The number of allylic oxidation sites excluding steroid dienone is 1. The third-order valence-electron chi connectivity index (χ3n) is 6.39. The first kappa shape index (κ1) is 17.0. The summed E-state index contributed by atoms with van der Waals surface area (Å²) in [4.78, 5) is 14.0. The molecular formula is C18H29NO3S. The van der Waals surface area contributed by atoms with Crippen LogP contribution in [0.1, 0.15) is 45.4 Å². The van der Waals surface area contributed by atoms with Crippen LogP contribution in [0, 0.1) is 23.2 Å². The molecule has 23 heavy (non-hydrogen) atoms. The highest BCUT2D eigenvalue weighted by molar-refractivity contribution is 7.90. The third kappa shape index (κ3) is 3.65. The minimum absolute atomic E-state index is 0.0273. The molecule has 4 fully saturated rings. The van der Waals surface area contributed by atoms with Crippen LogP contribution in [-0.4, -0.2) is 44.8 Å². The van der Waals surface area contributed by atoms with Gasteiger partial charge in [0, 0.05) is 25.9 Å². The van der Waals surface area contributed by atoms with Crippen LogP contribution in [-0.2, 0) is 14.6 Å². The minimum atomic E-state index is -3.03. The van der Waals surface area contributed by atoms with Gasteiger partial charge < -0.3 is 4.90 Å². The van der Waals surface area contributed by atoms with E-state index in [1.807, 2.05) is 0 Å². The van der Waals surface area contributed by atoms with Gasteiger partial charge in [0.15, 0.2) is 0 Å². The van der Waals surface area contributed by atoms with E-state index in [4.69, 9.17) is 0 Å². The lowest BCUT2D eigenvalue weighted by Gasteiger charge is -2.57. The average molecular weight is 340 g/mol. The lowest BCUT2D eigenvalue weighted by atomic mass is 9.48. The molecular weight excluding hydrogens is 310 g/mol. The second-order valence-corrected chi connectivity index (χ2v) is 10.7. The number of likely N-dealkylation sites (N-methyl/N-ethyl adjacent to an activating group) is 1. The van der Waals surface area contributed by atoms with E-state index in [0.717, 1.165) is 17.8 Å². The standard InChI is InChI=1S/C18H29NO3S/c1-13(6-17(20)19(2)4-5-23(3,21)22)18-10-14-7-15(11-18)9-16(8-14)12-18/h6,14-16H,4-5,7-12H2,1-3H3/b13-6+. The maximum absolute atomic E-state index is 12.4. The van der Waals surface area contributed by atoms with Gasteiger partial charge in [0.1, 0.15) is 9.84 Å². The zero-order valence-electron chi connectivity index (χ0n) is 14.5. The Morgan fingerprint density at radius 1 is 1.13 bits per heavy atom. The summed E-state index contributed by atoms with van der Waals surface area (Å²) in [5, 5.41) is 0. The molecule has 4 bridgehead atoms. The van der Waals surface area contributed by atoms with Crippen LogP contribution in [0.15, 0.2) is 11.6 Å². The number of hydrogen-bond donors (Lipinski definition) is 0. The second kappa shape index (κ2) is 5.91. The van der Waals surface area contributed by atoms with Crippen LogP contribution in [0.4, 0.5) is 0 Å². The Balaban J connectivity index is 1.68. The van der Waals surface area contributed by atoms with Crippen molar-refractivity contribution < 1.29 is 13.2 Å². The van der Waals surface area contributed by atoms with Crippen molar-refractivity contribution in [1.29, 1.82) is 0 Å². The third-order valence-corrected chi connectivity index (χ3v) is 7.31. The molecule has 0 aliphatic heterocycles. The lowest BCUT2D eigenvalue weighted by Crippen LogP contribution is -2.46. The molecule has 0 spiro atoms. The number of rotatable bonds is 5. The normalized spacial score (nSPS) is 36.3. The number of nitrogens with zero attached hydrogens (tertiary/aromatic N) is 1. The van der Waals surface area contributed by atoms with E-state index in [-0.39, 0.29) is 23.6 Å². The van der Waals surface area contributed by atoms with Crippen molar-refractivity contribution in [2.45, 2.75) is 45.4 Å². The number of carbonyl (C=O) groups excluding carboxylic acids is 1. The Kier molecular flexibility index (Phi) is 4.36. The molecule has 0 atom stereocenters. The van der Waals surface area contributed by atoms with Gasteiger partial charge in [-0.3, -0.25) is 4.79 Å². The Morgan fingerprint density at radius 3 is 2.04 bits per heavy atom. The number of carbonyl (C=O) groups is 1. The predicted molar refractivity (Wildman–Crippen MR) is 91.7 cm³/mol. The van der Waals surface area contributed by atoms with Crippen molar-refractivity contribution in [2.75, 3.05) is 25.6 Å². The van der Waals surface area contributed by atoms with E-state index in [1.165, 1.54) is 55.3 Å². The molecule has 4 nitrogen and oxygen atoms in total. The van der Waals surface area contributed by atoms with Crippen molar-refractivity contribution in [3.63, 3.8) is 0 Å². The van der Waals surface area contributed by atoms with Gasteiger partial charge in [0.2, 0.25) is 5.91 Å². The number of amides is 1.